The van der Waals surface area contributed by atoms with Gasteiger partial charge in [-0.3, -0.25) is 9.59 Å². The summed E-state index contributed by atoms with van der Waals surface area (Å²) in [5.74, 6) is -1.17. The van der Waals surface area contributed by atoms with Crippen LogP contribution in [-0.4, -0.2) is 33.9 Å². The van der Waals surface area contributed by atoms with E-state index >= 15 is 0 Å². The minimum absolute atomic E-state index is 0.113. The van der Waals surface area contributed by atoms with E-state index in [1.165, 1.54) is 31.4 Å². The number of rotatable bonds is 7. The van der Waals surface area contributed by atoms with Gasteiger partial charge in [0.1, 0.15) is 6.42 Å². The minimum Gasteiger partial charge on any atom is -0.469 e. The summed E-state index contributed by atoms with van der Waals surface area (Å²) in [5.41, 5.74) is 0.401. The Bertz CT molecular complexity index is 595. The molecule has 0 bridgehead atoms. The zero-order chi connectivity index (χ0) is 15.9. The number of carbonyl (C=O) groups excluding carboxylic acids is 2. The predicted octanol–water partition coefficient (Wildman–Crippen LogP) is 0.876. The van der Waals surface area contributed by atoms with Gasteiger partial charge in [0.15, 0.2) is 0 Å². The molecular weight excluding hydrogens is 296 g/mol. The SMILES string of the molecule is CCCNS(=O)(=O)c1ccc(NC(=O)CC(=O)OC)cc1. The number of methoxy groups -OCH3 is 1. The molecule has 8 heteroatoms. The number of nitrogens with one attached hydrogen (secondary N) is 2. The topological polar surface area (TPSA) is 102 Å². The Kier molecular flexibility index (Phi) is 6.32. The number of carbonyl (C=O) groups is 2. The van der Waals surface area contributed by atoms with Crippen LogP contribution in [0, 0.1) is 0 Å². The van der Waals surface area contributed by atoms with Gasteiger partial charge >= 0.3 is 5.97 Å². The van der Waals surface area contributed by atoms with Crippen LogP contribution >= 0.6 is 0 Å². The number of amides is 1. The van der Waals surface area contributed by atoms with Crippen molar-refractivity contribution in [1.82, 2.24) is 4.72 Å². The van der Waals surface area contributed by atoms with Crippen molar-refractivity contribution >= 4 is 27.6 Å². The van der Waals surface area contributed by atoms with E-state index in [4.69, 9.17) is 0 Å². The molecule has 0 radical (unpaired) electrons. The van der Waals surface area contributed by atoms with Crippen LogP contribution in [0.25, 0.3) is 0 Å². The Morgan fingerprint density at radius 1 is 1.19 bits per heavy atom. The number of ether oxygens (including phenoxy) is 1. The maximum atomic E-state index is 11.8. The maximum Gasteiger partial charge on any atom is 0.315 e. The molecule has 1 rings (SSSR count). The smallest absolute Gasteiger partial charge is 0.315 e. The molecule has 0 saturated heterocycles. The molecule has 0 unspecified atom stereocenters. The summed E-state index contributed by atoms with van der Waals surface area (Å²) in [6, 6.07) is 5.67. The first kappa shape index (κ1) is 17.1. The molecule has 21 heavy (non-hydrogen) atoms. The van der Waals surface area contributed by atoms with E-state index in [0.717, 1.165) is 0 Å². The molecule has 1 amide bonds. The Morgan fingerprint density at radius 3 is 2.33 bits per heavy atom. The van der Waals surface area contributed by atoms with Gasteiger partial charge in [0.05, 0.1) is 12.0 Å². The van der Waals surface area contributed by atoms with Gasteiger partial charge in [0.2, 0.25) is 15.9 Å². The Balaban J connectivity index is 2.70. The van der Waals surface area contributed by atoms with Crippen molar-refractivity contribution in [3.63, 3.8) is 0 Å². The lowest BCUT2D eigenvalue weighted by atomic mass is 10.3. The predicted molar refractivity (Wildman–Crippen MR) is 77.2 cm³/mol. The first-order valence-corrected chi connectivity index (χ1v) is 7.83. The number of anilines is 1. The van der Waals surface area contributed by atoms with Crippen molar-refractivity contribution in [2.75, 3.05) is 19.0 Å². The molecule has 0 saturated carbocycles. The van der Waals surface area contributed by atoms with Crippen LogP contribution in [0.3, 0.4) is 0 Å². The summed E-state index contributed by atoms with van der Waals surface area (Å²) in [7, 11) is -2.33. The zero-order valence-corrected chi connectivity index (χ0v) is 12.7. The van der Waals surface area contributed by atoms with Gasteiger partial charge in [-0.2, -0.15) is 0 Å². The highest BCUT2D eigenvalue weighted by atomic mass is 32.2. The standard InChI is InChI=1S/C13H18N2O5S/c1-3-8-14-21(18,19)11-6-4-10(5-7-11)15-12(16)9-13(17)20-2/h4-7,14H,3,8-9H2,1-2H3,(H,15,16). The largest absolute Gasteiger partial charge is 0.469 e. The average Bonchev–Trinajstić information content (AvgIpc) is 2.45. The molecule has 1 aromatic carbocycles. The number of hydrogen-bond donors (Lipinski definition) is 2. The fourth-order valence-electron chi connectivity index (χ4n) is 1.45. The fraction of sp³-hybridized carbons (Fsp3) is 0.385. The van der Waals surface area contributed by atoms with Gasteiger partial charge in [-0.25, -0.2) is 13.1 Å². The second kappa shape index (κ2) is 7.75. The fourth-order valence-corrected chi connectivity index (χ4v) is 2.58. The Hall–Kier alpha value is -1.93. The molecule has 0 aliphatic rings. The molecule has 0 aliphatic carbocycles. The van der Waals surface area contributed by atoms with Crippen molar-refractivity contribution in [3.8, 4) is 0 Å². The number of sulfonamides is 1. The van der Waals surface area contributed by atoms with Gasteiger partial charge in [-0.15, -0.1) is 0 Å². The molecule has 0 heterocycles. The van der Waals surface area contributed by atoms with Gasteiger partial charge in [0, 0.05) is 12.2 Å². The molecule has 7 nitrogen and oxygen atoms in total. The summed E-state index contributed by atoms with van der Waals surface area (Å²) < 4.78 is 30.5. The van der Waals surface area contributed by atoms with E-state index in [0.29, 0.717) is 18.7 Å². The minimum atomic E-state index is -3.53. The van der Waals surface area contributed by atoms with E-state index in [-0.39, 0.29) is 4.90 Å². The summed E-state index contributed by atoms with van der Waals surface area (Å²) in [6.45, 7) is 2.22. The van der Waals surface area contributed by atoms with E-state index < -0.39 is 28.3 Å². The lowest BCUT2D eigenvalue weighted by molar-refractivity contribution is -0.142. The number of esters is 1. The zero-order valence-electron chi connectivity index (χ0n) is 11.9. The quantitative estimate of drug-likeness (QED) is 0.574. The van der Waals surface area contributed by atoms with Crippen LogP contribution < -0.4 is 10.0 Å². The van der Waals surface area contributed by atoms with Crippen LogP contribution in [-0.2, 0) is 24.3 Å². The lowest BCUT2D eigenvalue weighted by Crippen LogP contribution is -2.24. The maximum absolute atomic E-state index is 11.8. The number of benzene rings is 1. The highest BCUT2D eigenvalue weighted by Gasteiger charge is 2.13. The van der Waals surface area contributed by atoms with Crippen LogP contribution in [0.1, 0.15) is 19.8 Å². The average molecular weight is 314 g/mol. The summed E-state index contributed by atoms with van der Waals surface area (Å²) in [5, 5.41) is 2.47. The highest BCUT2D eigenvalue weighted by Crippen LogP contribution is 2.14. The van der Waals surface area contributed by atoms with Crippen LogP contribution in [0.5, 0.6) is 0 Å². The monoisotopic (exact) mass is 314 g/mol. The third-order valence-electron chi connectivity index (χ3n) is 2.52. The molecule has 2 N–H and O–H groups in total. The van der Waals surface area contributed by atoms with Crippen molar-refractivity contribution in [2.45, 2.75) is 24.7 Å². The summed E-state index contributed by atoms with van der Waals surface area (Å²) in [4.78, 5) is 22.5. The molecule has 116 valence electrons. The molecule has 0 atom stereocenters. The van der Waals surface area contributed by atoms with E-state index in [1.807, 2.05) is 6.92 Å². The Labute approximate surface area is 123 Å². The summed E-state index contributed by atoms with van der Waals surface area (Å²) >= 11 is 0. The van der Waals surface area contributed by atoms with Crippen LogP contribution in [0.2, 0.25) is 0 Å². The second-order valence-corrected chi connectivity index (χ2v) is 5.99. The van der Waals surface area contributed by atoms with Crippen LogP contribution in [0.15, 0.2) is 29.2 Å². The van der Waals surface area contributed by atoms with Crippen LogP contribution in [0.4, 0.5) is 5.69 Å². The lowest BCUT2D eigenvalue weighted by Gasteiger charge is -2.07. The highest BCUT2D eigenvalue weighted by molar-refractivity contribution is 7.89. The Morgan fingerprint density at radius 2 is 1.81 bits per heavy atom. The van der Waals surface area contributed by atoms with Crippen molar-refractivity contribution < 1.29 is 22.7 Å². The van der Waals surface area contributed by atoms with Crippen molar-refractivity contribution in [1.29, 1.82) is 0 Å². The van der Waals surface area contributed by atoms with E-state index in [1.54, 1.807) is 0 Å². The van der Waals surface area contributed by atoms with Gasteiger partial charge < -0.3 is 10.1 Å². The van der Waals surface area contributed by atoms with E-state index in [9.17, 15) is 18.0 Å². The normalized spacial score (nSPS) is 11.0. The molecular formula is C13H18N2O5S. The van der Waals surface area contributed by atoms with Crippen molar-refractivity contribution in [3.05, 3.63) is 24.3 Å². The first-order chi connectivity index (χ1) is 9.89. The van der Waals surface area contributed by atoms with Gasteiger partial charge in [0.25, 0.3) is 0 Å². The molecule has 0 fully saturated rings. The summed E-state index contributed by atoms with van der Waals surface area (Å²) in [6.07, 6.45) is 0.301. The van der Waals surface area contributed by atoms with Crippen molar-refractivity contribution in [2.24, 2.45) is 0 Å². The number of hydrogen-bond acceptors (Lipinski definition) is 5. The third kappa shape index (κ3) is 5.52. The second-order valence-electron chi connectivity index (χ2n) is 4.22. The molecule has 0 aliphatic heterocycles. The molecule has 0 spiro atoms. The van der Waals surface area contributed by atoms with Gasteiger partial charge in [-0.1, -0.05) is 6.92 Å². The van der Waals surface area contributed by atoms with E-state index in [2.05, 4.69) is 14.8 Å². The first-order valence-electron chi connectivity index (χ1n) is 6.35. The third-order valence-corrected chi connectivity index (χ3v) is 4.00. The van der Waals surface area contributed by atoms with Gasteiger partial charge in [-0.05, 0) is 30.7 Å². The molecule has 0 aromatic heterocycles. The molecule has 1 aromatic rings.